The number of carbonyl (C=O) groups is 1. The largest absolute Gasteiger partial charge is 0.353 e. The second-order valence-electron chi connectivity index (χ2n) is 5.65. The number of sulfonamides is 1. The molecule has 2 rings (SSSR count). The van der Waals surface area contributed by atoms with Crippen molar-refractivity contribution in [3.05, 3.63) is 0 Å². The van der Waals surface area contributed by atoms with Gasteiger partial charge in [-0.15, -0.1) is 0 Å². The molecular formula is C12H23N3O3S. The van der Waals surface area contributed by atoms with Crippen LogP contribution < -0.4 is 11.1 Å². The second-order valence-corrected chi connectivity index (χ2v) is 7.63. The van der Waals surface area contributed by atoms with E-state index < -0.39 is 10.0 Å². The van der Waals surface area contributed by atoms with Crippen LogP contribution in [0.3, 0.4) is 0 Å². The van der Waals surface area contributed by atoms with Gasteiger partial charge in [-0.3, -0.25) is 4.79 Å². The molecule has 0 aromatic heterocycles. The average Bonchev–Trinajstić information content (AvgIpc) is 2.75. The number of carbonyl (C=O) groups excluding carboxylic acids is 1. The van der Waals surface area contributed by atoms with Crippen LogP contribution in [0.1, 0.15) is 32.1 Å². The highest BCUT2D eigenvalue weighted by Gasteiger charge is 2.32. The highest BCUT2D eigenvalue weighted by atomic mass is 32.2. The number of hydrogen-bond donors (Lipinski definition) is 2. The molecule has 19 heavy (non-hydrogen) atoms. The van der Waals surface area contributed by atoms with Crippen LogP contribution in [0, 0.1) is 5.92 Å². The van der Waals surface area contributed by atoms with Gasteiger partial charge in [-0.2, -0.15) is 0 Å². The van der Waals surface area contributed by atoms with Gasteiger partial charge in [0.2, 0.25) is 15.9 Å². The first kappa shape index (κ1) is 14.7. The zero-order chi connectivity index (χ0) is 14.0. The summed E-state index contributed by atoms with van der Waals surface area (Å²) in [6, 6.07) is 0.0643. The Labute approximate surface area is 114 Å². The number of rotatable bonds is 3. The number of piperidine rings is 1. The van der Waals surface area contributed by atoms with Crippen molar-refractivity contribution in [2.24, 2.45) is 11.7 Å². The zero-order valence-electron chi connectivity index (χ0n) is 11.3. The summed E-state index contributed by atoms with van der Waals surface area (Å²) >= 11 is 0. The fourth-order valence-corrected chi connectivity index (χ4v) is 3.83. The molecule has 7 heteroatoms. The third-order valence-corrected chi connectivity index (χ3v) is 5.48. The van der Waals surface area contributed by atoms with Crippen molar-refractivity contribution in [3.8, 4) is 0 Å². The smallest absolute Gasteiger partial charge is 0.224 e. The van der Waals surface area contributed by atoms with Gasteiger partial charge in [0, 0.05) is 25.2 Å². The van der Waals surface area contributed by atoms with E-state index in [-0.39, 0.29) is 23.9 Å². The predicted molar refractivity (Wildman–Crippen MR) is 72.9 cm³/mol. The lowest BCUT2D eigenvalue weighted by Crippen LogP contribution is -2.49. The second kappa shape index (κ2) is 5.76. The zero-order valence-corrected chi connectivity index (χ0v) is 12.2. The summed E-state index contributed by atoms with van der Waals surface area (Å²) in [5, 5.41) is 3.02. The van der Waals surface area contributed by atoms with Gasteiger partial charge in [0.05, 0.1) is 12.2 Å². The molecule has 1 aliphatic carbocycles. The minimum absolute atomic E-state index is 0.0175. The number of nitrogens with zero attached hydrogens (tertiary/aromatic N) is 1. The van der Waals surface area contributed by atoms with E-state index in [1.165, 1.54) is 10.6 Å². The molecular weight excluding hydrogens is 266 g/mol. The van der Waals surface area contributed by atoms with E-state index in [0.29, 0.717) is 25.9 Å². The van der Waals surface area contributed by atoms with E-state index in [1.54, 1.807) is 0 Å². The fraction of sp³-hybridized carbons (Fsp3) is 0.917. The molecule has 0 bridgehead atoms. The molecule has 1 heterocycles. The number of hydrogen-bond acceptors (Lipinski definition) is 4. The summed E-state index contributed by atoms with van der Waals surface area (Å²) in [5.74, 6) is -0.0178. The van der Waals surface area contributed by atoms with Crippen LogP contribution in [0.2, 0.25) is 0 Å². The Morgan fingerprint density at radius 2 is 1.84 bits per heavy atom. The first-order valence-electron chi connectivity index (χ1n) is 6.89. The van der Waals surface area contributed by atoms with Crippen molar-refractivity contribution in [3.63, 3.8) is 0 Å². The Morgan fingerprint density at radius 1 is 1.21 bits per heavy atom. The highest BCUT2D eigenvalue weighted by Crippen LogP contribution is 2.24. The van der Waals surface area contributed by atoms with Crippen molar-refractivity contribution in [2.45, 2.75) is 44.2 Å². The maximum Gasteiger partial charge on any atom is 0.224 e. The van der Waals surface area contributed by atoms with E-state index >= 15 is 0 Å². The molecule has 1 saturated heterocycles. The summed E-state index contributed by atoms with van der Waals surface area (Å²) in [6.45, 7) is 0.973. The lowest BCUT2D eigenvalue weighted by atomic mass is 10.0. The van der Waals surface area contributed by atoms with E-state index in [0.717, 1.165) is 19.3 Å². The average molecular weight is 289 g/mol. The summed E-state index contributed by atoms with van der Waals surface area (Å²) < 4.78 is 24.2. The highest BCUT2D eigenvalue weighted by molar-refractivity contribution is 7.88. The number of nitrogens with two attached hydrogens (primary N) is 1. The Bertz CT molecular complexity index is 430. The minimum Gasteiger partial charge on any atom is -0.353 e. The van der Waals surface area contributed by atoms with Crippen molar-refractivity contribution in [2.75, 3.05) is 19.3 Å². The maximum atomic E-state index is 12.1. The molecule has 1 saturated carbocycles. The van der Waals surface area contributed by atoms with Gasteiger partial charge in [-0.25, -0.2) is 12.7 Å². The number of nitrogens with one attached hydrogen (secondary N) is 1. The van der Waals surface area contributed by atoms with E-state index in [2.05, 4.69) is 5.32 Å². The van der Waals surface area contributed by atoms with Gasteiger partial charge in [-0.05, 0) is 25.7 Å². The lowest BCUT2D eigenvalue weighted by molar-refractivity contribution is -0.126. The Balaban J connectivity index is 1.81. The topological polar surface area (TPSA) is 92.5 Å². The Hall–Kier alpha value is -0.660. The van der Waals surface area contributed by atoms with Crippen molar-refractivity contribution < 1.29 is 13.2 Å². The van der Waals surface area contributed by atoms with Crippen molar-refractivity contribution in [1.82, 2.24) is 9.62 Å². The molecule has 6 nitrogen and oxygen atoms in total. The lowest BCUT2D eigenvalue weighted by Gasteiger charge is -2.31. The van der Waals surface area contributed by atoms with E-state index in [9.17, 15) is 13.2 Å². The molecule has 3 N–H and O–H groups in total. The third-order valence-electron chi connectivity index (χ3n) is 4.18. The monoisotopic (exact) mass is 289 g/mol. The molecule has 2 fully saturated rings. The molecule has 1 amide bonds. The standard InChI is InChI=1S/C12H23N3O3S/c1-19(17,18)15-7-5-9(6-8-15)14-12(16)10-3-2-4-11(10)13/h9-11H,2-8,13H2,1H3,(H,14,16). The molecule has 0 aromatic carbocycles. The Kier molecular flexibility index (Phi) is 4.47. The van der Waals surface area contributed by atoms with Crippen molar-refractivity contribution in [1.29, 1.82) is 0 Å². The minimum atomic E-state index is -3.10. The Morgan fingerprint density at radius 3 is 2.32 bits per heavy atom. The van der Waals surface area contributed by atoms with E-state index in [1.807, 2.05) is 0 Å². The summed E-state index contributed by atoms with van der Waals surface area (Å²) in [6.07, 6.45) is 5.40. The van der Waals surface area contributed by atoms with Crippen LogP contribution in [-0.4, -0.2) is 50.1 Å². The molecule has 2 atom stereocenters. The van der Waals surface area contributed by atoms with Crippen LogP contribution in [0.4, 0.5) is 0 Å². The van der Waals surface area contributed by atoms with Crippen LogP contribution in [0.15, 0.2) is 0 Å². The third kappa shape index (κ3) is 3.67. The van der Waals surface area contributed by atoms with Crippen LogP contribution >= 0.6 is 0 Å². The summed E-state index contributed by atoms with van der Waals surface area (Å²) in [5.41, 5.74) is 5.92. The first-order chi connectivity index (χ1) is 8.88. The summed E-state index contributed by atoms with van der Waals surface area (Å²) in [7, 11) is -3.10. The van der Waals surface area contributed by atoms with Crippen LogP contribution in [0.5, 0.6) is 0 Å². The predicted octanol–water partition coefficient (Wildman–Crippen LogP) is -0.346. The molecule has 0 radical (unpaired) electrons. The summed E-state index contributed by atoms with van der Waals surface area (Å²) in [4.78, 5) is 12.1. The van der Waals surface area contributed by atoms with Crippen molar-refractivity contribution >= 4 is 15.9 Å². The molecule has 0 aromatic rings. The van der Waals surface area contributed by atoms with Gasteiger partial charge in [0.1, 0.15) is 0 Å². The van der Waals surface area contributed by atoms with Gasteiger partial charge in [0.15, 0.2) is 0 Å². The maximum absolute atomic E-state index is 12.1. The quantitative estimate of drug-likeness (QED) is 0.743. The van der Waals surface area contributed by atoms with E-state index in [4.69, 9.17) is 5.73 Å². The molecule has 110 valence electrons. The molecule has 2 unspecified atom stereocenters. The molecule has 1 aliphatic heterocycles. The van der Waals surface area contributed by atoms with Crippen LogP contribution in [-0.2, 0) is 14.8 Å². The van der Waals surface area contributed by atoms with Crippen LogP contribution in [0.25, 0.3) is 0 Å². The number of amides is 1. The van der Waals surface area contributed by atoms with Gasteiger partial charge in [0.25, 0.3) is 0 Å². The van der Waals surface area contributed by atoms with Gasteiger partial charge in [-0.1, -0.05) is 6.42 Å². The molecule has 2 aliphatic rings. The van der Waals surface area contributed by atoms with Gasteiger partial charge >= 0.3 is 0 Å². The molecule has 0 spiro atoms. The SMILES string of the molecule is CS(=O)(=O)N1CCC(NC(=O)C2CCCC2N)CC1. The van der Waals surface area contributed by atoms with Gasteiger partial charge < -0.3 is 11.1 Å². The normalized spacial score (nSPS) is 30.4. The first-order valence-corrected chi connectivity index (χ1v) is 8.74. The fourth-order valence-electron chi connectivity index (χ4n) is 2.95.